The maximum Gasteiger partial charge on any atom is 0.272 e. The summed E-state index contributed by atoms with van der Waals surface area (Å²) in [5.41, 5.74) is 6.45. The minimum atomic E-state index is -0.101. The van der Waals surface area contributed by atoms with E-state index in [4.69, 9.17) is 0 Å². The molecule has 0 radical (unpaired) electrons. The molecule has 0 spiro atoms. The van der Waals surface area contributed by atoms with Crippen molar-refractivity contribution in [1.82, 2.24) is 25.6 Å². The maximum atomic E-state index is 13.0. The SMILES string of the molecule is C[C@@H]1CC2(C)NN3CCN(Cc4ccccn4)C(=O)C3=C2CN1. The first-order valence-corrected chi connectivity index (χ1v) is 8.28. The number of pyridine rings is 1. The third-order valence-corrected chi connectivity index (χ3v) is 5.11. The molecule has 2 fully saturated rings. The first-order chi connectivity index (χ1) is 11.1. The quantitative estimate of drug-likeness (QED) is 0.839. The van der Waals surface area contributed by atoms with Crippen LogP contribution in [0.4, 0.5) is 0 Å². The Morgan fingerprint density at radius 2 is 2.26 bits per heavy atom. The van der Waals surface area contributed by atoms with Gasteiger partial charge in [-0.05, 0) is 38.0 Å². The summed E-state index contributed by atoms with van der Waals surface area (Å²) in [7, 11) is 0. The number of hydrogen-bond donors (Lipinski definition) is 2. The van der Waals surface area contributed by atoms with Crippen LogP contribution in [0.1, 0.15) is 26.0 Å². The third-order valence-electron chi connectivity index (χ3n) is 5.11. The number of nitrogens with zero attached hydrogens (tertiary/aromatic N) is 3. The van der Waals surface area contributed by atoms with Gasteiger partial charge < -0.3 is 15.2 Å². The summed E-state index contributed by atoms with van der Waals surface area (Å²) >= 11 is 0. The standard InChI is InChI=1S/C17H23N5O/c1-12-9-17(2)14(10-19-12)15-16(23)21(7-8-22(15)20-17)11-13-5-3-4-6-18-13/h3-6,12,19-20H,7-11H2,1-2H3/t12-,17?/m1/s1. The summed E-state index contributed by atoms with van der Waals surface area (Å²) in [5.74, 6) is 0.115. The van der Waals surface area contributed by atoms with Gasteiger partial charge in [0.05, 0.1) is 24.3 Å². The number of hydrazine groups is 1. The van der Waals surface area contributed by atoms with Gasteiger partial charge in [-0.15, -0.1) is 0 Å². The van der Waals surface area contributed by atoms with Gasteiger partial charge in [0.25, 0.3) is 5.91 Å². The predicted octanol–water partition coefficient (Wildman–Crippen LogP) is 0.639. The minimum Gasteiger partial charge on any atom is -0.330 e. The number of carbonyl (C=O) groups is 1. The smallest absolute Gasteiger partial charge is 0.272 e. The lowest BCUT2D eigenvalue weighted by molar-refractivity contribution is -0.132. The molecule has 2 saturated heterocycles. The van der Waals surface area contributed by atoms with Crippen LogP contribution in [-0.2, 0) is 11.3 Å². The number of carbonyl (C=O) groups excluding carboxylic acids is 1. The van der Waals surface area contributed by atoms with Crippen LogP contribution in [0.25, 0.3) is 0 Å². The van der Waals surface area contributed by atoms with Crippen molar-refractivity contribution in [1.29, 1.82) is 0 Å². The van der Waals surface area contributed by atoms with Crippen molar-refractivity contribution in [3.63, 3.8) is 0 Å². The van der Waals surface area contributed by atoms with E-state index in [0.717, 1.165) is 37.4 Å². The van der Waals surface area contributed by atoms with E-state index in [1.165, 1.54) is 5.57 Å². The molecule has 1 aromatic heterocycles. The first kappa shape index (κ1) is 14.7. The van der Waals surface area contributed by atoms with Crippen LogP contribution >= 0.6 is 0 Å². The predicted molar refractivity (Wildman–Crippen MR) is 87.0 cm³/mol. The lowest BCUT2D eigenvalue weighted by Gasteiger charge is -2.37. The second-order valence-corrected chi connectivity index (χ2v) is 6.96. The minimum absolute atomic E-state index is 0.101. The molecular weight excluding hydrogens is 290 g/mol. The Hall–Kier alpha value is -1.92. The Morgan fingerprint density at radius 1 is 1.39 bits per heavy atom. The molecule has 2 atom stereocenters. The van der Waals surface area contributed by atoms with Crippen molar-refractivity contribution in [2.75, 3.05) is 19.6 Å². The molecule has 1 amide bonds. The molecule has 3 aliphatic heterocycles. The fourth-order valence-corrected chi connectivity index (χ4v) is 3.98. The number of fused-ring (bicyclic) bond motifs is 2. The largest absolute Gasteiger partial charge is 0.330 e. The molecule has 23 heavy (non-hydrogen) atoms. The Kier molecular flexibility index (Phi) is 3.39. The van der Waals surface area contributed by atoms with Gasteiger partial charge >= 0.3 is 0 Å². The highest BCUT2D eigenvalue weighted by Crippen LogP contribution is 2.37. The van der Waals surface area contributed by atoms with Crippen molar-refractivity contribution in [3.05, 3.63) is 41.4 Å². The zero-order chi connectivity index (χ0) is 16.0. The van der Waals surface area contributed by atoms with Crippen molar-refractivity contribution < 1.29 is 4.79 Å². The second-order valence-electron chi connectivity index (χ2n) is 6.96. The first-order valence-electron chi connectivity index (χ1n) is 8.28. The molecule has 6 nitrogen and oxygen atoms in total. The van der Waals surface area contributed by atoms with Gasteiger partial charge in [-0.1, -0.05) is 6.07 Å². The number of hydrogen-bond acceptors (Lipinski definition) is 5. The van der Waals surface area contributed by atoms with Crippen LogP contribution in [0.5, 0.6) is 0 Å². The van der Waals surface area contributed by atoms with E-state index in [1.54, 1.807) is 6.20 Å². The fraction of sp³-hybridized carbons (Fsp3) is 0.529. The number of nitrogens with one attached hydrogen (secondary N) is 2. The molecule has 0 saturated carbocycles. The molecule has 2 N–H and O–H groups in total. The summed E-state index contributed by atoms with van der Waals surface area (Å²) in [6, 6.07) is 6.29. The van der Waals surface area contributed by atoms with Crippen LogP contribution in [-0.4, -0.2) is 52.0 Å². The Morgan fingerprint density at radius 3 is 3.04 bits per heavy atom. The highest BCUT2D eigenvalue weighted by Gasteiger charge is 2.48. The summed E-state index contributed by atoms with van der Waals surface area (Å²) in [4.78, 5) is 19.3. The van der Waals surface area contributed by atoms with E-state index in [1.807, 2.05) is 23.1 Å². The van der Waals surface area contributed by atoms with Crippen molar-refractivity contribution in [3.8, 4) is 0 Å². The molecule has 0 aromatic carbocycles. The van der Waals surface area contributed by atoms with Crippen LogP contribution in [0.2, 0.25) is 0 Å². The van der Waals surface area contributed by atoms with E-state index in [2.05, 4.69) is 34.6 Å². The molecule has 0 aliphatic carbocycles. The number of amides is 1. The molecule has 4 rings (SSSR count). The topological polar surface area (TPSA) is 60.5 Å². The van der Waals surface area contributed by atoms with E-state index < -0.39 is 0 Å². The summed E-state index contributed by atoms with van der Waals surface area (Å²) in [5, 5.41) is 5.55. The van der Waals surface area contributed by atoms with Gasteiger partial charge in [0, 0.05) is 25.3 Å². The molecule has 3 aliphatic rings. The third kappa shape index (κ3) is 2.42. The maximum absolute atomic E-state index is 13.0. The second kappa shape index (κ2) is 5.32. The molecule has 4 heterocycles. The van der Waals surface area contributed by atoms with Crippen molar-refractivity contribution in [2.45, 2.75) is 38.4 Å². The van der Waals surface area contributed by atoms with Gasteiger partial charge in [0.2, 0.25) is 0 Å². The lowest BCUT2D eigenvalue weighted by atomic mass is 9.82. The average molecular weight is 313 g/mol. The highest BCUT2D eigenvalue weighted by atomic mass is 16.2. The monoisotopic (exact) mass is 313 g/mol. The van der Waals surface area contributed by atoms with Crippen molar-refractivity contribution >= 4 is 5.91 Å². The molecule has 6 heteroatoms. The molecule has 1 unspecified atom stereocenters. The average Bonchev–Trinajstić information content (AvgIpc) is 2.83. The van der Waals surface area contributed by atoms with Gasteiger partial charge in [-0.25, -0.2) is 5.43 Å². The zero-order valence-electron chi connectivity index (χ0n) is 13.7. The van der Waals surface area contributed by atoms with E-state index in [-0.39, 0.29) is 11.4 Å². The molecule has 122 valence electrons. The zero-order valence-corrected chi connectivity index (χ0v) is 13.7. The Bertz CT molecular complexity index is 658. The van der Waals surface area contributed by atoms with Crippen molar-refractivity contribution in [2.24, 2.45) is 0 Å². The molecular formula is C17H23N5O. The van der Waals surface area contributed by atoms with Gasteiger partial charge in [-0.3, -0.25) is 9.78 Å². The van der Waals surface area contributed by atoms with Crippen LogP contribution in [0, 0.1) is 0 Å². The van der Waals surface area contributed by atoms with E-state index in [0.29, 0.717) is 12.6 Å². The van der Waals surface area contributed by atoms with Crippen LogP contribution in [0.3, 0.4) is 0 Å². The fourth-order valence-electron chi connectivity index (χ4n) is 3.98. The number of aromatic nitrogens is 1. The Balaban J connectivity index is 1.61. The van der Waals surface area contributed by atoms with E-state index >= 15 is 0 Å². The number of piperidine rings is 1. The highest BCUT2D eigenvalue weighted by molar-refractivity contribution is 5.95. The Labute approximate surface area is 136 Å². The molecule has 0 bridgehead atoms. The van der Waals surface area contributed by atoms with Crippen LogP contribution in [0.15, 0.2) is 35.7 Å². The van der Waals surface area contributed by atoms with Gasteiger partial charge in [-0.2, -0.15) is 0 Å². The summed E-state index contributed by atoms with van der Waals surface area (Å²) in [6.45, 7) is 7.30. The normalized spacial score (nSPS) is 30.5. The number of rotatable bonds is 2. The summed E-state index contributed by atoms with van der Waals surface area (Å²) < 4.78 is 0. The molecule has 1 aromatic rings. The van der Waals surface area contributed by atoms with Gasteiger partial charge in [0.1, 0.15) is 5.70 Å². The summed E-state index contributed by atoms with van der Waals surface area (Å²) in [6.07, 6.45) is 2.77. The lowest BCUT2D eigenvalue weighted by Crippen LogP contribution is -2.56. The van der Waals surface area contributed by atoms with E-state index in [9.17, 15) is 4.79 Å². The van der Waals surface area contributed by atoms with Crippen LogP contribution < -0.4 is 10.7 Å². The number of piperazine rings is 1. The van der Waals surface area contributed by atoms with Gasteiger partial charge in [0.15, 0.2) is 0 Å².